The van der Waals surface area contributed by atoms with Crippen molar-refractivity contribution in [3.05, 3.63) is 191 Å². The number of thiol groups is 2. The van der Waals surface area contributed by atoms with Crippen molar-refractivity contribution in [2.75, 3.05) is 13.2 Å². The van der Waals surface area contributed by atoms with Gasteiger partial charge in [-0.25, -0.2) is 0 Å². The van der Waals surface area contributed by atoms with Crippen molar-refractivity contribution in [1.82, 2.24) is 0 Å². The van der Waals surface area contributed by atoms with Gasteiger partial charge in [0.2, 0.25) is 0 Å². The van der Waals surface area contributed by atoms with Crippen molar-refractivity contribution >= 4 is 37.2 Å². The van der Waals surface area contributed by atoms with Gasteiger partial charge in [-0.1, -0.05) is 133 Å². The predicted molar refractivity (Wildman–Crippen MR) is 223 cm³/mol. The molecular formula is C47H42O6S2. The molecule has 0 saturated carbocycles. The van der Waals surface area contributed by atoms with Crippen LogP contribution in [0.15, 0.2) is 158 Å². The van der Waals surface area contributed by atoms with E-state index in [4.69, 9.17) is 34.7 Å². The zero-order valence-electron chi connectivity index (χ0n) is 30.1. The normalized spacial score (nSPS) is 14.8. The van der Waals surface area contributed by atoms with E-state index in [1.807, 2.05) is 84.9 Å². The molecule has 0 fully saturated rings. The third kappa shape index (κ3) is 7.75. The highest BCUT2D eigenvalue weighted by Gasteiger charge is 2.46. The van der Waals surface area contributed by atoms with Crippen LogP contribution < -0.4 is 9.47 Å². The Morgan fingerprint density at radius 1 is 0.491 bits per heavy atom. The second-order valence-electron chi connectivity index (χ2n) is 13.8. The number of carbonyl (C=O) groups is 2. The van der Waals surface area contributed by atoms with E-state index in [-0.39, 0.29) is 13.2 Å². The number of para-hydroxylation sites is 2. The molecule has 6 nitrogen and oxygen atoms in total. The maximum absolute atomic E-state index is 12.5. The van der Waals surface area contributed by atoms with E-state index in [1.165, 1.54) is 0 Å². The highest BCUT2D eigenvalue weighted by Crippen LogP contribution is 2.56. The van der Waals surface area contributed by atoms with Crippen LogP contribution in [0.5, 0.6) is 11.5 Å². The van der Waals surface area contributed by atoms with Gasteiger partial charge in [0.05, 0.1) is 30.5 Å². The first-order valence-corrected chi connectivity index (χ1v) is 19.4. The number of ether oxygens (including phenoxy) is 2. The first-order chi connectivity index (χ1) is 26.8. The summed E-state index contributed by atoms with van der Waals surface area (Å²) in [6, 6.07) is 51.9. The fourth-order valence-corrected chi connectivity index (χ4v) is 8.72. The largest absolute Gasteiger partial charge is 0.494 e. The van der Waals surface area contributed by atoms with Crippen LogP contribution >= 0.6 is 25.3 Å². The average Bonchev–Trinajstić information content (AvgIpc) is 3.52. The number of aliphatic carboxylic acids is 2. The predicted octanol–water partition coefficient (Wildman–Crippen LogP) is 10.3. The summed E-state index contributed by atoms with van der Waals surface area (Å²) in [7, 11) is 0. The van der Waals surface area contributed by atoms with E-state index in [0.29, 0.717) is 24.3 Å². The number of benzene rings is 6. The number of rotatable bonds is 16. The van der Waals surface area contributed by atoms with E-state index in [1.54, 1.807) is 0 Å². The van der Waals surface area contributed by atoms with Crippen LogP contribution in [0.2, 0.25) is 0 Å². The van der Waals surface area contributed by atoms with E-state index < -0.39 is 39.7 Å². The number of hydrogen-bond acceptors (Lipinski definition) is 6. The van der Waals surface area contributed by atoms with Crippen molar-refractivity contribution in [2.24, 2.45) is 11.8 Å². The second kappa shape index (κ2) is 16.9. The highest BCUT2D eigenvalue weighted by atomic mass is 32.1. The van der Waals surface area contributed by atoms with E-state index in [9.17, 15) is 19.8 Å². The lowest BCUT2D eigenvalue weighted by Gasteiger charge is -2.34. The lowest BCUT2D eigenvalue weighted by atomic mass is 9.67. The van der Waals surface area contributed by atoms with Gasteiger partial charge in [-0.2, -0.15) is 25.3 Å². The number of carboxylic acids is 2. The van der Waals surface area contributed by atoms with Gasteiger partial charge in [-0.05, 0) is 81.6 Å². The van der Waals surface area contributed by atoms with Crippen molar-refractivity contribution in [1.29, 1.82) is 0 Å². The van der Waals surface area contributed by atoms with Gasteiger partial charge in [-0.15, -0.1) is 0 Å². The molecule has 7 rings (SSSR count). The molecule has 6 aromatic carbocycles. The smallest absolute Gasteiger partial charge is 0.308 e. The SMILES string of the molecule is O=C(O)C(CCOc1ccccc1)C(S)c1ccc(C2(c3ccc(C(S)C(CCOc4ccccc4)C(=O)O)cc3)c3ccccc3-c3ccccc32)cc1. The third-order valence-corrected chi connectivity index (χ3v) is 11.9. The molecule has 6 aromatic rings. The van der Waals surface area contributed by atoms with Crippen molar-refractivity contribution in [3.63, 3.8) is 0 Å². The van der Waals surface area contributed by atoms with Crippen LogP contribution in [0.25, 0.3) is 11.1 Å². The van der Waals surface area contributed by atoms with Gasteiger partial charge in [-0.3, -0.25) is 9.59 Å². The number of fused-ring (bicyclic) bond motifs is 3. The Morgan fingerprint density at radius 2 is 0.836 bits per heavy atom. The summed E-state index contributed by atoms with van der Waals surface area (Å²) < 4.78 is 11.7. The molecular weight excluding hydrogens is 725 g/mol. The zero-order valence-corrected chi connectivity index (χ0v) is 31.9. The number of hydrogen-bond donors (Lipinski definition) is 4. The quantitative estimate of drug-likeness (QED) is 0.0732. The van der Waals surface area contributed by atoms with Crippen LogP contribution in [0, 0.1) is 11.8 Å². The van der Waals surface area contributed by atoms with Crippen LogP contribution in [0.1, 0.15) is 56.7 Å². The van der Waals surface area contributed by atoms with Crippen LogP contribution in [-0.4, -0.2) is 35.4 Å². The Kier molecular flexibility index (Phi) is 11.6. The molecule has 0 aromatic heterocycles. The summed E-state index contributed by atoms with van der Waals surface area (Å²) in [5.41, 5.74) is 7.48. The van der Waals surface area contributed by atoms with Gasteiger partial charge in [0.15, 0.2) is 0 Å². The highest BCUT2D eigenvalue weighted by molar-refractivity contribution is 7.80. The van der Waals surface area contributed by atoms with Crippen LogP contribution in [-0.2, 0) is 15.0 Å². The van der Waals surface area contributed by atoms with Gasteiger partial charge in [0.25, 0.3) is 0 Å². The molecule has 55 heavy (non-hydrogen) atoms. The maximum Gasteiger partial charge on any atom is 0.308 e. The second-order valence-corrected chi connectivity index (χ2v) is 14.9. The lowest BCUT2D eigenvalue weighted by Crippen LogP contribution is -2.29. The molecule has 1 aliphatic rings. The van der Waals surface area contributed by atoms with Crippen molar-refractivity contribution in [3.8, 4) is 22.6 Å². The van der Waals surface area contributed by atoms with Gasteiger partial charge < -0.3 is 19.7 Å². The third-order valence-electron chi connectivity index (χ3n) is 10.6. The maximum atomic E-state index is 12.5. The minimum Gasteiger partial charge on any atom is -0.494 e. The summed E-state index contributed by atoms with van der Waals surface area (Å²) in [6.45, 7) is 0.509. The van der Waals surface area contributed by atoms with Crippen molar-refractivity contribution < 1.29 is 29.3 Å². The Bertz CT molecular complexity index is 2060. The molecule has 0 heterocycles. The summed E-state index contributed by atoms with van der Waals surface area (Å²) in [5.74, 6) is -1.98. The van der Waals surface area contributed by atoms with E-state index in [2.05, 4.69) is 72.8 Å². The summed E-state index contributed by atoms with van der Waals surface area (Å²) in [5, 5.41) is 19.3. The topological polar surface area (TPSA) is 93.1 Å². The monoisotopic (exact) mass is 766 g/mol. The minimum atomic E-state index is -0.924. The Balaban J connectivity index is 1.20. The molecule has 4 unspecified atom stereocenters. The Labute approximate surface area is 332 Å². The van der Waals surface area contributed by atoms with E-state index in [0.717, 1.165) is 44.5 Å². The molecule has 0 radical (unpaired) electrons. The molecule has 278 valence electrons. The molecule has 0 saturated heterocycles. The summed E-state index contributed by atoms with van der Waals surface area (Å²) in [4.78, 5) is 24.9. The van der Waals surface area contributed by atoms with Crippen LogP contribution in [0.4, 0.5) is 0 Å². The minimum absolute atomic E-state index is 0.255. The van der Waals surface area contributed by atoms with E-state index >= 15 is 0 Å². The zero-order chi connectivity index (χ0) is 38.4. The number of carboxylic acid groups (broad SMARTS) is 2. The molecule has 8 heteroatoms. The molecule has 0 spiro atoms. The average molecular weight is 767 g/mol. The van der Waals surface area contributed by atoms with Crippen LogP contribution in [0.3, 0.4) is 0 Å². The lowest BCUT2D eigenvalue weighted by molar-refractivity contribution is -0.143. The molecule has 2 N–H and O–H groups in total. The summed E-state index contributed by atoms with van der Waals surface area (Å²) in [6.07, 6.45) is 0.595. The molecule has 0 aliphatic heterocycles. The summed E-state index contributed by atoms with van der Waals surface area (Å²) >= 11 is 9.69. The molecule has 1 aliphatic carbocycles. The van der Waals surface area contributed by atoms with Crippen molar-refractivity contribution in [2.45, 2.75) is 28.8 Å². The Hall–Kier alpha value is -5.44. The van der Waals surface area contributed by atoms with Gasteiger partial charge >= 0.3 is 11.9 Å². The van der Waals surface area contributed by atoms with Gasteiger partial charge in [0, 0.05) is 10.5 Å². The molecule has 0 amide bonds. The molecule has 4 atom stereocenters. The fraction of sp³-hybridized carbons (Fsp3) is 0.191. The van der Waals surface area contributed by atoms with Gasteiger partial charge in [0.1, 0.15) is 11.5 Å². The first kappa shape index (κ1) is 37.9. The Morgan fingerprint density at radius 3 is 1.20 bits per heavy atom. The molecule has 0 bridgehead atoms. The standard InChI is InChI=1S/C47H42O6S2/c48-45(49)39(27-29-52-35-11-3-1-4-12-35)43(54)31-19-23-33(24-20-31)47(41-17-9-7-15-37(41)38-16-8-10-18-42(38)47)34-25-21-32(22-26-34)44(55)40(46(50)51)28-30-53-36-13-5-2-6-14-36/h1-26,39-40,43-44,54-55H,27-30H2,(H,48,49)(H,50,51). The first-order valence-electron chi connectivity index (χ1n) is 18.4. The fourth-order valence-electron chi connectivity index (χ4n) is 7.82.